The molecule has 3 rings (SSSR count). The van der Waals surface area contributed by atoms with Crippen LogP contribution in [0.2, 0.25) is 0 Å². The van der Waals surface area contributed by atoms with Gasteiger partial charge in [-0.2, -0.15) is 0 Å². The zero-order chi connectivity index (χ0) is 20.6. The molecule has 9 heteroatoms. The Hall–Kier alpha value is -1.20. The number of morpholine rings is 1. The predicted octanol–water partition coefficient (Wildman–Crippen LogP) is 2.33. The average molecular weight is 534 g/mol. The molecule has 0 spiro atoms. The second kappa shape index (κ2) is 12.6. The van der Waals surface area contributed by atoms with Crippen LogP contribution in [0.5, 0.6) is 0 Å². The number of aliphatic imine (C=N–C) groups is 1. The molecule has 0 aliphatic carbocycles. The number of anilines is 1. The minimum atomic E-state index is -0.265. The van der Waals surface area contributed by atoms with Gasteiger partial charge in [0.25, 0.3) is 0 Å². The van der Waals surface area contributed by atoms with Crippen LogP contribution in [0.25, 0.3) is 0 Å². The van der Waals surface area contributed by atoms with E-state index in [-0.39, 0.29) is 35.8 Å². The van der Waals surface area contributed by atoms with E-state index < -0.39 is 0 Å². The summed E-state index contributed by atoms with van der Waals surface area (Å²) in [5.41, 5.74) is 0. The summed E-state index contributed by atoms with van der Waals surface area (Å²) in [4.78, 5) is 13.6. The van der Waals surface area contributed by atoms with Crippen molar-refractivity contribution in [3.63, 3.8) is 0 Å². The van der Waals surface area contributed by atoms with Gasteiger partial charge in [0.15, 0.2) is 17.6 Å². The largest absolute Gasteiger partial charge is 0.379 e. The lowest BCUT2D eigenvalue weighted by Gasteiger charge is -2.36. The van der Waals surface area contributed by atoms with Crippen molar-refractivity contribution in [3.05, 3.63) is 24.1 Å². The molecule has 2 unspecified atom stereocenters. The molecule has 0 saturated carbocycles. The van der Waals surface area contributed by atoms with Crippen LogP contribution in [0, 0.1) is 11.7 Å². The fourth-order valence-corrected chi connectivity index (χ4v) is 4.04. The Morgan fingerprint density at radius 1 is 1.33 bits per heavy atom. The van der Waals surface area contributed by atoms with Gasteiger partial charge in [0, 0.05) is 51.0 Å². The van der Waals surface area contributed by atoms with Gasteiger partial charge < -0.3 is 20.3 Å². The molecule has 2 fully saturated rings. The van der Waals surface area contributed by atoms with Crippen molar-refractivity contribution < 1.29 is 9.13 Å². The van der Waals surface area contributed by atoms with Gasteiger partial charge in [0.05, 0.1) is 19.8 Å². The third kappa shape index (κ3) is 6.91. The Balaban J connectivity index is 0.00000320. The maximum atomic E-state index is 14.0. The number of pyridine rings is 1. The zero-order valence-corrected chi connectivity index (χ0v) is 20.6. The van der Waals surface area contributed by atoms with Gasteiger partial charge in [-0.1, -0.05) is 13.8 Å². The van der Waals surface area contributed by atoms with Crippen molar-refractivity contribution in [2.45, 2.75) is 39.3 Å². The first-order valence-electron chi connectivity index (χ1n) is 10.8. The Kier molecular flexibility index (Phi) is 10.5. The van der Waals surface area contributed by atoms with Crippen LogP contribution in [-0.4, -0.2) is 80.4 Å². The lowest BCUT2D eigenvalue weighted by Crippen LogP contribution is -2.49. The highest BCUT2D eigenvalue weighted by Crippen LogP contribution is 2.20. The van der Waals surface area contributed by atoms with Gasteiger partial charge >= 0.3 is 0 Å². The predicted molar refractivity (Wildman–Crippen MR) is 130 cm³/mol. The number of nitrogens with one attached hydrogen (secondary N) is 2. The Bertz CT molecular complexity index is 671. The Morgan fingerprint density at radius 3 is 2.77 bits per heavy atom. The van der Waals surface area contributed by atoms with Gasteiger partial charge in [-0.3, -0.25) is 9.89 Å². The number of nitrogens with zero attached hydrogens (tertiary/aromatic N) is 4. The third-order valence-corrected chi connectivity index (χ3v) is 5.63. The Morgan fingerprint density at radius 2 is 2.10 bits per heavy atom. The minimum absolute atomic E-state index is 0. The molecule has 0 radical (unpaired) electrons. The molecule has 170 valence electrons. The first-order valence-corrected chi connectivity index (χ1v) is 10.8. The highest BCUT2D eigenvalue weighted by molar-refractivity contribution is 14.0. The molecule has 2 saturated heterocycles. The summed E-state index contributed by atoms with van der Waals surface area (Å²) in [6.45, 7) is 13.2. The van der Waals surface area contributed by atoms with Gasteiger partial charge in [-0.25, -0.2) is 9.37 Å². The van der Waals surface area contributed by atoms with E-state index in [1.165, 1.54) is 6.07 Å². The molecule has 2 N–H and O–H groups in total. The molecule has 1 aromatic heterocycles. The number of ether oxygens (including phenoxy) is 1. The number of hydrogen-bond donors (Lipinski definition) is 2. The van der Waals surface area contributed by atoms with Gasteiger partial charge in [-0.05, 0) is 31.4 Å². The van der Waals surface area contributed by atoms with E-state index >= 15 is 0 Å². The summed E-state index contributed by atoms with van der Waals surface area (Å²) in [6, 6.07) is 3.71. The molecule has 0 aromatic carbocycles. The van der Waals surface area contributed by atoms with Gasteiger partial charge in [0.2, 0.25) is 0 Å². The molecule has 2 aliphatic rings. The molecule has 0 bridgehead atoms. The molecule has 1 aromatic rings. The topological polar surface area (TPSA) is 65.0 Å². The summed E-state index contributed by atoms with van der Waals surface area (Å²) in [7, 11) is 0. The molecule has 0 amide bonds. The molecule has 7 nitrogen and oxygen atoms in total. The van der Waals surface area contributed by atoms with Crippen LogP contribution in [0.1, 0.15) is 27.2 Å². The average Bonchev–Trinajstić information content (AvgIpc) is 3.17. The third-order valence-electron chi connectivity index (χ3n) is 5.63. The van der Waals surface area contributed by atoms with Crippen LogP contribution in [-0.2, 0) is 4.74 Å². The molecule has 30 heavy (non-hydrogen) atoms. The van der Waals surface area contributed by atoms with Crippen LogP contribution in [0.3, 0.4) is 0 Å². The summed E-state index contributed by atoms with van der Waals surface area (Å²) >= 11 is 0. The first kappa shape index (κ1) is 25.1. The van der Waals surface area contributed by atoms with E-state index in [9.17, 15) is 4.39 Å². The number of hydrogen-bond acceptors (Lipinski definition) is 5. The second-order valence-corrected chi connectivity index (χ2v) is 8.06. The summed E-state index contributed by atoms with van der Waals surface area (Å²) < 4.78 is 19.5. The summed E-state index contributed by atoms with van der Waals surface area (Å²) in [5.74, 6) is 1.53. The van der Waals surface area contributed by atoms with Crippen LogP contribution in [0.4, 0.5) is 10.2 Å². The monoisotopic (exact) mass is 534 g/mol. The van der Waals surface area contributed by atoms with Crippen molar-refractivity contribution in [1.82, 2.24) is 20.5 Å². The summed E-state index contributed by atoms with van der Waals surface area (Å²) in [6.07, 6.45) is 2.57. The fraction of sp³-hybridized carbons (Fsp3) is 0.714. The van der Waals surface area contributed by atoms with Gasteiger partial charge in [-0.15, -0.1) is 24.0 Å². The van der Waals surface area contributed by atoms with Crippen molar-refractivity contribution in [2.24, 2.45) is 10.9 Å². The lowest BCUT2D eigenvalue weighted by atomic mass is 10.0. The number of aromatic nitrogens is 1. The number of halogens is 2. The number of guanidine groups is 1. The Labute approximate surface area is 196 Å². The van der Waals surface area contributed by atoms with Crippen LogP contribution >= 0.6 is 24.0 Å². The highest BCUT2D eigenvalue weighted by atomic mass is 127. The quantitative estimate of drug-likeness (QED) is 0.318. The maximum Gasteiger partial charge on any atom is 0.191 e. The van der Waals surface area contributed by atoms with E-state index in [1.54, 1.807) is 12.3 Å². The molecule has 2 atom stereocenters. The number of rotatable bonds is 7. The standard InChI is InChI=1S/C21H35FN6O.HI/c1-4-23-21(25-14-19(16(2)3)27-10-12-29-13-11-27)26-17-7-9-28(15-17)20-18(22)6-5-8-24-20;/h5-6,8,16-17,19H,4,7,9-15H2,1-3H3,(H2,23,25,26);1H. The highest BCUT2D eigenvalue weighted by Gasteiger charge is 2.27. The zero-order valence-electron chi connectivity index (χ0n) is 18.3. The molecular weight excluding hydrogens is 498 g/mol. The SMILES string of the molecule is CCNC(=NCC(C(C)C)N1CCOCC1)NC1CCN(c2ncccc2F)C1.I. The smallest absolute Gasteiger partial charge is 0.191 e. The minimum Gasteiger partial charge on any atom is -0.379 e. The van der Waals surface area contributed by atoms with E-state index in [0.717, 1.165) is 64.9 Å². The lowest BCUT2D eigenvalue weighted by molar-refractivity contribution is 0.00867. The van der Waals surface area contributed by atoms with Crippen LogP contribution in [0.15, 0.2) is 23.3 Å². The fourth-order valence-electron chi connectivity index (χ4n) is 4.04. The molecule has 2 aliphatic heterocycles. The van der Waals surface area contributed by atoms with Gasteiger partial charge in [0.1, 0.15) is 0 Å². The normalized spacial score (nSPS) is 21.4. The van der Waals surface area contributed by atoms with E-state index in [1.807, 2.05) is 4.90 Å². The molecule has 3 heterocycles. The van der Waals surface area contributed by atoms with Crippen molar-refractivity contribution in [2.75, 3.05) is 57.4 Å². The van der Waals surface area contributed by atoms with Crippen LogP contribution < -0.4 is 15.5 Å². The molecular formula is C21H36FIN6O. The van der Waals surface area contributed by atoms with Crippen molar-refractivity contribution >= 4 is 35.8 Å². The summed E-state index contributed by atoms with van der Waals surface area (Å²) in [5, 5.41) is 6.90. The maximum absolute atomic E-state index is 14.0. The second-order valence-electron chi connectivity index (χ2n) is 8.06. The van der Waals surface area contributed by atoms with Crippen molar-refractivity contribution in [3.8, 4) is 0 Å². The van der Waals surface area contributed by atoms with E-state index in [2.05, 4.69) is 41.3 Å². The van der Waals surface area contributed by atoms with E-state index in [0.29, 0.717) is 17.8 Å². The van der Waals surface area contributed by atoms with Crippen molar-refractivity contribution in [1.29, 1.82) is 0 Å². The van der Waals surface area contributed by atoms with E-state index in [4.69, 9.17) is 9.73 Å². The first-order chi connectivity index (χ1) is 14.1.